The number of benzene rings is 1. The smallest absolute Gasteiger partial charge is 0.0767 e. The van der Waals surface area contributed by atoms with Crippen molar-refractivity contribution in [3.05, 3.63) is 41.5 Å². The summed E-state index contributed by atoms with van der Waals surface area (Å²) in [6.45, 7) is 6.87. The summed E-state index contributed by atoms with van der Waals surface area (Å²) in [7, 11) is 0. The molecule has 1 aromatic carbocycles. The maximum atomic E-state index is 5.12. The van der Waals surface area contributed by atoms with Gasteiger partial charge >= 0.3 is 0 Å². The third-order valence-corrected chi connectivity index (χ3v) is 2.69. The van der Waals surface area contributed by atoms with E-state index in [-0.39, 0.29) is 5.41 Å². The molecule has 0 aliphatic carbocycles. The van der Waals surface area contributed by atoms with Crippen LogP contribution in [0.1, 0.15) is 26.3 Å². The first-order chi connectivity index (χ1) is 7.06. The minimum atomic E-state index is -0.0232. The van der Waals surface area contributed by atoms with Gasteiger partial charge in [-0.05, 0) is 12.5 Å². The molecule has 0 saturated heterocycles. The summed E-state index contributed by atoms with van der Waals surface area (Å²) in [4.78, 5) is 4.72. The number of nitrogens with two attached hydrogens (primary N) is 1. The minimum Gasteiger partial charge on any atom is -0.304 e. The van der Waals surface area contributed by atoms with Crippen LogP contribution in [-0.2, 0) is 4.84 Å². The average Bonchev–Trinajstić information content (AvgIpc) is 2.19. The van der Waals surface area contributed by atoms with Gasteiger partial charge in [-0.25, -0.2) is 5.90 Å². The number of hydrogen-bond acceptors (Lipinski definition) is 2. The summed E-state index contributed by atoms with van der Waals surface area (Å²) in [5.41, 5.74) is 2.45. The highest BCUT2D eigenvalue weighted by Gasteiger charge is 2.19. The Morgan fingerprint density at radius 3 is 2.47 bits per heavy atom. The Kier molecular flexibility index (Phi) is 4.06. The topological polar surface area (TPSA) is 35.2 Å². The maximum absolute atomic E-state index is 5.12. The normalized spacial score (nSPS) is 12.9. The molecule has 15 heavy (non-hydrogen) atoms. The lowest BCUT2D eigenvalue weighted by Crippen LogP contribution is -2.22. The van der Waals surface area contributed by atoms with Gasteiger partial charge in [-0.3, -0.25) is 0 Å². The van der Waals surface area contributed by atoms with Gasteiger partial charge in [0.05, 0.1) is 6.61 Å². The molecular weight excluding hydrogens is 186 g/mol. The lowest BCUT2D eigenvalue weighted by molar-refractivity contribution is 0.0803. The van der Waals surface area contributed by atoms with Gasteiger partial charge in [0, 0.05) is 5.41 Å². The fourth-order valence-electron chi connectivity index (χ4n) is 1.32. The SMILES string of the molecule is C/C(=C\c1ccccc1)C(C)(C)CON. The molecule has 0 atom stereocenters. The second-order valence-corrected chi connectivity index (χ2v) is 4.43. The van der Waals surface area contributed by atoms with Crippen molar-refractivity contribution in [2.75, 3.05) is 6.61 Å². The molecular formula is C13H19NO. The summed E-state index contributed by atoms with van der Waals surface area (Å²) < 4.78 is 0. The Hall–Kier alpha value is -1.12. The van der Waals surface area contributed by atoms with Crippen LogP contribution in [0.15, 0.2) is 35.9 Å². The van der Waals surface area contributed by atoms with Crippen molar-refractivity contribution in [1.29, 1.82) is 0 Å². The lowest BCUT2D eigenvalue weighted by atomic mass is 9.85. The fraction of sp³-hybridized carbons (Fsp3) is 0.385. The molecule has 0 radical (unpaired) electrons. The summed E-state index contributed by atoms with van der Waals surface area (Å²) in [5.74, 6) is 5.12. The van der Waals surface area contributed by atoms with Crippen molar-refractivity contribution < 1.29 is 4.84 Å². The Bertz CT molecular complexity index is 328. The van der Waals surface area contributed by atoms with Gasteiger partial charge in [0.15, 0.2) is 0 Å². The van der Waals surface area contributed by atoms with Crippen LogP contribution in [0.3, 0.4) is 0 Å². The van der Waals surface area contributed by atoms with E-state index in [9.17, 15) is 0 Å². The third kappa shape index (κ3) is 3.50. The molecule has 0 spiro atoms. The molecule has 1 rings (SSSR count). The molecule has 0 aromatic heterocycles. The average molecular weight is 205 g/mol. The first-order valence-corrected chi connectivity index (χ1v) is 5.12. The predicted molar refractivity (Wildman–Crippen MR) is 64.0 cm³/mol. The van der Waals surface area contributed by atoms with Crippen molar-refractivity contribution in [3.8, 4) is 0 Å². The van der Waals surface area contributed by atoms with Gasteiger partial charge in [0.2, 0.25) is 0 Å². The van der Waals surface area contributed by atoms with Crippen LogP contribution >= 0.6 is 0 Å². The van der Waals surface area contributed by atoms with Gasteiger partial charge in [0.1, 0.15) is 0 Å². The van der Waals surface area contributed by atoms with E-state index in [0.717, 1.165) is 0 Å². The lowest BCUT2D eigenvalue weighted by Gasteiger charge is -2.24. The summed E-state index contributed by atoms with van der Waals surface area (Å²) in [6.07, 6.45) is 2.17. The van der Waals surface area contributed by atoms with E-state index in [2.05, 4.69) is 39.0 Å². The molecule has 0 heterocycles. The zero-order valence-corrected chi connectivity index (χ0v) is 9.66. The number of rotatable bonds is 4. The van der Waals surface area contributed by atoms with E-state index >= 15 is 0 Å². The highest BCUT2D eigenvalue weighted by atomic mass is 16.6. The molecule has 2 N–H and O–H groups in total. The molecule has 0 aliphatic heterocycles. The predicted octanol–water partition coefficient (Wildman–Crippen LogP) is 3.01. The van der Waals surface area contributed by atoms with E-state index < -0.39 is 0 Å². The first kappa shape index (κ1) is 12.0. The molecule has 0 aliphatic rings. The van der Waals surface area contributed by atoms with Crippen molar-refractivity contribution in [1.82, 2.24) is 0 Å². The van der Waals surface area contributed by atoms with Crippen LogP contribution in [0.2, 0.25) is 0 Å². The standard InChI is InChI=1S/C13H19NO/c1-11(13(2,3)10-15-14)9-12-7-5-4-6-8-12/h4-9H,10,14H2,1-3H3/b11-9+. The Labute approximate surface area is 91.7 Å². The van der Waals surface area contributed by atoms with Gasteiger partial charge in [0.25, 0.3) is 0 Å². The van der Waals surface area contributed by atoms with Gasteiger partial charge < -0.3 is 4.84 Å². The van der Waals surface area contributed by atoms with E-state index in [1.165, 1.54) is 11.1 Å². The highest BCUT2D eigenvalue weighted by molar-refractivity contribution is 5.53. The van der Waals surface area contributed by atoms with Crippen molar-refractivity contribution in [2.45, 2.75) is 20.8 Å². The largest absolute Gasteiger partial charge is 0.304 e. The van der Waals surface area contributed by atoms with E-state index in [4.69, 9.17) is 10.7 Å². The summed E-state index contributed by atoms with van der Waals surface area (Å²) in [6, 6.07) is 10.3. The van der Waals surface area contributed by atoms with Crippen molar-refractivity contribution in [2.24, 2.45) is 11.3 Å². The molecule has 0 bridgehead atoms. The molecule has 0 saturated carbocycles. The van der Waals surface area contributed by atoms with E-state index in [0.29, 0.717) is 6.61 Å². The minimum absolute atomic E-state index is 0.0232. The number of hydrogen-bond donors (Lipinski definition) is 1. The monoisotopic (exact) mass is 205 g/mol. The third-order valence-electron chi connectivity index (χ3n) is 2.69. The van der Waals surface area contributed by atoms with Gasteiger partial charge in [-0.2, -0.15) is 0 Å². The zero-order valence-electron chi connectivity index (χ0n) is 9.66. The van der Waals surface area contributed by atoms with E-state index in [1.807, 2.05) is 18.2 Å². The quantitative estimate of drug-likeness (QED) is 0.767. The molecule has 2 heteroatoms. The second kappa shape index (κ2) is 5.10. The van der Waals surface area contributed by atoms with Crippen molar-refractivity contribution in [3.63, 3.8) is 0 Å². The first-order valence-electron chi connectivity index (χ1n) is 5.12. The van der Waals surface area contributed by atoms with Gasteiger partial charge in [-0.1, -0.05) is 55.8 Å². The van der Waals surface area contributed by atoms with Crippen LogP contribution in [-0.4, -0.2) is 6.61 Å². The van der Waals surface area contributed by atoms with Gasteiger partial charge in [-0.15, -0.1) is 0 Å². The fourth-order valence-corrected chi connectivity index (χ4v) is 1.32. The second-order valence-electron chi connectivity index (χ2n) is 4.43. The molecule has 1 aromatic rings. The van der Waals surface area contributed by atoms with Crippen LogP contribution in [0.25, 0.3) is 6.08 Å². The maximum Gasteiger partial charge on any atom is 0.0767 e. The molecule has 0 unspecified atom stereocenters. The Morgan fingerprint density at radius 2 is 1.93 bits per heavy atom. The molecule has 0 fully saturated rings. The van der Waals surface area contributed by atoms with Crippen LogP contribution in [0.5, 0.6) is 0 Å². The van der Waals surface area contributed by atoms with Crippen LogP contribution < -0.4 is 5.90 Å². The van der Waals surface area contributed by atoms with Crippen LogP contribution in [0.4, 0.5) is 0 Å². The Balaban J connectivity index is 2.84. The van der Waals surface area contributed by atoms with E-state index in [1.54, 1.807) is 0 Å². The molecule has 2 nitrogen and oxygen atoms in total. The highest BCUT2D eigenvalue weighted by Crippen LogP contribution is 2.27. The summed E-state index contributed by atoms with van der Waals surface area (Å²) >= 11 is 0. The molecule has 82 valence electrons. The molecule has 0 amide bonds. The Morgan fingerprint density at radius 1 is 1.33 bits per heavy atom. The van der Waals surface area contributed by atoms with Crippen molar-refractivity contribution >= 4 is 6.08 Å². The zero-order chi connectivity index (χ0) is 11.3. The summed E-state index contributed by atoms with van der Waals surface area (Å²) in [5, 5.41) is 0. The van der Waals surface area contributed by atoms with Crippen LogP contribution in [0, 0.1) is 5.41 Å².